The van der Waals surface area contributed by atoms with E-state index in [1.165, 1.54) is 17.0 Å². The monoisotopic (exact) mass is 313 g/mol. The highest BCUT2D eigenvalue weighted by Gasteiger charge is 2.36. The van der Waals surface area contributed by atoms with Gasteiger partial charge in [-0.15, -0.1) is 0 Å². The van der Waals surface area contributed by atoms with Crippen LogP contribution in [0.3, 0.4) is 0 Å². The predicted octanol–water partition coefficient (Wildman–Crippen LogP) is 2.52. The summed E-state index contributed by atoms with van der Waals surface area (Å²) in [5.74, 6) is -1.08. The Hall–Kier alpha value is -2.76. The molecule has 1 aliphatic heterocycles. The summed E-state index contributed by atoms with van der Waals surface area (Å²) in [7, 11) is 0. The van der Waals surface area contributed by atoms with E-state index in [9.17, 15) is 14.0 Å². The summed E-state index contributed by atoms with van der Waals surface area (Å²) >= 11 is 0. The van der Waals surface area contributed by atoms with Gasteiger partial charge < -0.3 is 10.2 Å². The van der Waals surface area contributed by atoms with E-state index in [4.69, 9.17) is 0 Å². The number of carbonyl (C=O) groups excluding carboxylic acids is 2. The Kier molecular flexibility index (Phi) is 4.06. The summed E-state index contributed by atoms with van der Waals surface area (Å²) in [6, 6.07) is 11.4. The van der Waals surface area contributed by atoms with Crippen LogP contribution >= 0.6 is 0 Å². The van der Waals surface area contributed by atoms with Crippen molar-refractivity contribution in [1.29, 1.82) is 0 Å². The van der Waals surface area contributed by atoms with E-state index in [2.05, 4.69) is 10.3 Å². The van der Waals surface area contributed by atoms with Crippen LogP contribution in [0.5, 0.6) is 0 Å². The van der Waals surface area contributed by atoms with Gasteiger partial charge in [-0.1, -0.05) is 18.2 Å². The van der Waals surface area contributed by atoms with Gasteiger partial charge in [0.15, 0.2) is 0 Å². The average molecular weight is 313 g/mol. The second-order valence-electron chi connectivity index (χ2n) is 5.51. The molecule has 0 bridgehead atoms. The number of amides is 2. The van der Waals surface area contributed by atoms with Crippen LogP contribution < -0.4 is 10.2 Å². The van der Waals surface area contributed by atoms with Crippen molar-refractivity contribution < 1.29 is 14.0 Å². The molecule has 0 aliphatic carbocycles. The molecule has 1 N–H and O–H groups in total. The Labute approximate surface area is 133 Å². The Morgan fingerprint density at radius 2 is 2.04 bits per heavy atom. The second-order valence-corrected chi connectivity index (χ2v) is 5.51. The van der Waals surface area contributed by atoms with Crippen LogP contribution in [-0.4, -0.2) is 23.3 Å². The number of hydrogen-bond acceptors (Lipinski definition) is 3. The van der Waals surface area contributed by atoms with Crippen molar-refractivity contribution in [2.24, 2.45) is 5.92 Å². The maximum atomic E-state index is 13.8. The second kappa shape index (κ2) is 6.16. The fraction of sp³-hybridized carbons (Fsp3) is 0.235. The minimum absolute atomic E-state index is 0.0615. The van der Waals surface area contributed by atoms with Crippen LogP contribution in [0.25, 0.3) is 0 Å². The van der Waals surface area contributed by atoms with Crippen molar-refractivity contribution in [2.75, 3.05) is 16.8 Å². The molecule has 1 aromatic carbocycles. The standard InChI is InChI=1S/C17H16FN3O2/c1-11-5-4-8-15(19-11)20-17(23)12-9-16(22)21(10-12)14-7-3-2-6-13(14)18/h2-8,12H,9-10H2,1H3,(H,19,20,23). The molecular formula is C17H16FN3O2. The third kappa shape index (κ3) is 3.21. The summed E-state index contributed by atoms with van der Waals surface area (Å²) < 4.78 is 13.8. The van der Waals surface area contributed by atoms with E-state index in [0.717, 1.165) is 5.69 Å². The maximum absolute atomic E-state index is 13.8. The molecule has 1 atom stereocenters. The summed E-state index contributed by atoms with van der Waals surface area (Å²) in [6.07, 6.45) is 0.0615. The van der Waals surface area contributed by atoms with E-state index in [-0.39, 0.29) is 30.5 Å². The average Bonchev–Trinajstić information content (AvgIpc) is 2.90. The third-order valence-corrected chi connectivity index (χ3v) is 3.78. The van der Waals surface area contributed by atoms with E-state index >= 15 is 0 Å². The SMILES string of the molecule is Cc1cccc(NC(=O)C2CC(=O)N(c3ccccc3F)C2)n1. The molecule has 23 heavy (non-hydrogen) atoms. The summed E-state index contributed by atoms with van der Waals surface area (Å²) in [5.41, 5.74) is 1.000. The zero-order valence-corrected chi connectivity index (χ0v) is 12.6. The molecule has 2 heterocycles. The first kappa shape index (κ1) is 15.1. The molecule has 3 rings (SSSR count). The number of rotatable bonds is 3. The van der Waals surface area contributed by atoms with Gasteiger partial charge in [-0.2, -0.15) is 0 Å². The van der Waals surface area contributed by atoms with Gasteiger partial charge in [0, 0.05) is 18.7 Å². The number of para-hydroxylation sites is 1. The van der Waals surface area contributed by atoms with Gasteiger partial charge in [-0.25, -0.2) is 9.37 Å². The molecule has 0 spiro atoms. The normalized spacial score (nSPS) is 17.4. The number of aryl methyl sites for hydroxylation is 1. The van der Waals surface area contributed by atoms with Gasteiger partial charge in [0.1, 0.15) is 11.6 Å². The molecule has 1 unspecified atom stereocenters. The van der Waals surface area contributed by atoms with Crippen LogP contribution in [0.2, 0.25) is 0 Å². The van der Waals surface area contributed by atoms with Crippen molar-refractivity contribution in [3.8, 4) is 0 Å². The molecule has 5 nitrogen and oxygen atoms in total. The van der Waals surface area contributed by atoms with Crippen molar-refractivity contribution in [3.63, 3.8) is 0 Å². The zero-order valence-electron chi connectivity index (χ0n) is 12.6. The highest BCUT2D eigenvalue weighted by Crippen LogP contribution is 2.27. The molecular weight excluding hydrogens is 297 g/mol. The van der Waals surface area contributed by atoms with E-state index < -0.39 is 11.7 Å². The number of nitrogens with zero attached hydrogens (tertiary/aromatic N) is 2. The number of carbonyl (C=O) groups is 2. The van der Waals surface area contributed by atoms with E-state index in [1.54, 1.807) is 24.3 Å². The summed E-state index contributed by atoms with van der Waals surface area (Å²) in [4.78, 5) is 29.9. The Balaban J connectivity index is 1.72. The fourth-order valence-corrected chi connectivity index (χ4v) is 2.63. The van der Waals surface area contributed by atoms with Crippen LogP contribution in [0, 0.1) is 18.7 Å². The molecule has 118 valence electrons. The summed E-state index contributed by atoms with van der Waals surface area (Å²) in [5, 5.41) is 2.71. The van der Waals surface area contributed by atoms with Gasteiger partial charge in [0.2, 0.25) is 11.8 Å². The van der Waals surface area contributed by atoms with Crippen LogP contribution in [0.4, 0.5) is 15.9 Å². The smallest absolute Gasteiger partial charge is 0.230 e. The first-order valence-corrected chi connectivity index (χ1v) is 7.34. The molecule has 6 heteroatoms. The molecule has 1 saturated heterocycles. The van der Waals surface area contributed by atoms with Crippen LogP contribution in [0.15, 0.2) is 42.5 Å². The van der Waals surface area contributed by atoms with E-state index in [1.807, 2.05) is 13.0 Å². The minimum Gasteiger partial charge on any atom is -0.310 e. The third-order valence-electron chi connectivity index (χ3n) is 3.78. The van der Waals surface area contributed by atoms with Gasteiger partial charge >= 0.3 is 0 Å². The molecule has 1 fully saturated rings. The predicted molar refractivity (Wildman–Crippen MR) is 84.5 cm³/mol. The van der Waals surface area contributed by atoms with Crippen LogP contribution in [-0.2, 0) is 9.59 Å². The Morgan fingerprint density at radius 3 is 2.78 bits per heavy atom. The first-order valence-electron chi connectivity index (χ1n) is 7.34. The maximum Gasteiger partial charge on any atom is 0.230 e. The Bertz CT molecular complexity index is 763. The molecule has 0 saturated carbocycles. The van der Waals surface area contributed by atoms with Crippen molar-refractivity contribution in [2.45, 2.75) is 13.3 Å². The largest absolute Gasteiger partial charge is 0.310 e. The first-order chi connectivity index (χ1) is 11.0. The molecule has 1 aliphatic rings. The number of hydrogen-bond donors (Lipinski definition) is 1. The number of nitrogens with one attached hydrogen (secondary N) is 1. The number of anilines is 2. The number of halogens is 1. The lowest BCUT2D eigenvalue weighted by molar-refractivity contribution is -0.122. The quantitative estimate of drug-likeness (QED) is 0.947. The lowest BCUT2D eigenvalue weighted by Crippen LogP contribution is -2.28. The van der Waals surface area contributed by atoms with Crippen molar-refractivity contribution >= 4 is 23.3 Å². The molecule has 0 radical (unpaired) electrons. The van der Waals surface area contributed by atoms with Gasteiger partial charge in [0.25, 0.3) is 0 Å². The minimum atomic E-state index is -0.524. The van der Waals surface area contributed by atoms with Crippen molar-refractivity contribution in [1.82, 2.24) is 4.98 Å². The van der Waals surface area contributed by atoms with Crippen LogP contribution in [0.1, 0.15) is 12.1 Å². The highest BCUT2D eigenvalue weighted by atomic mass is 19.1. The topological polar surface area (TPSA) is 62.3 Å². The molecule has 2 amide bonds. The lowest BCUT2D eigenvalue weighted by atomic mass is 10.1. The molecule has 2 aromatic rings. The summed E-state index contributed by atoms with van der Waals surface area (Å²) in [6.45, 7) is 1.99. The van der Waals surface area contributed by atoms with Crippen molar-refractivity contribution in [3.05, 3.63) is 54.0 Å². The Morgan fingerprint density at radius 1 is 1.26 bits per heavy atom. The van der Waals surface area contributed by atoms with E-state index in [0.29, 0.717) is 5.82 Å². The number of aromatic nitrogens is 1. The number of pyridine rings is 1. The lowest BCUT2D eigenvalue weighted by Gasteiger charge is -2.17. The van der Waals surface area contributed by atoms with Gasteiger partial charge in [0.05, 0.1) is 11.6 Å². The number of benzene rings is 1. The zero-order chi connectivity index (χ0) is 16.4. The van der Waals surface area contributed by atoms with Gasteiger partial charge in [-0.05, 0) is 31.2 Å². The highest BCUT2D eigenvalue weighted by molar-refractivity contribution is 6.03. The molecule has 1 aromatic heterocycles. The van der Waals surface area contributed by atoms with Gasteiger partial charge in [-0.3, -0.25) is 9.59 Å². The fourth-order valence-electron chi connectivity index (χ4n) is 2.63.